The van der Waals surface area contributed by atoms with Gasteiger partial charge in [0.15, 0.2) is 11.4 Å². The molecule has 9 unspecified atom stereocenters. The number of carbonyl (C=O) groups excluding carboxylic acids is 4. The molecule has 0 radical (unpaired) electrons. The quantitative estimate of drug-likeness (QED) is 0.0994. The molecule has 1 saturated heterocycles. The van der Waals surface area contributed by atoms with Crippen LogP contribution < -0.4 is 5.32 Å². The summed E-state index contributed by atoms with van der Waals surface area (Å²) in [6.07, 6.45) is -8.35. The summed E-state index contributed by atoms with van der Waals surface area (Å²) >= 11 is 0. The second kappa shape index (κ2) is 15.2. The molecule has 2 bridgehead atoms. The van der Waals surface area contributed by atoms with Crippen LogP contribution in [0.3, 0.4) is 0 Å². The number of amides is 1. The Morgan fingerprint density at radius 2 is 1.44 bits per heavy atom. The van der Waals surface area contributed by atoms with Gasteiger partial charge in [-0.15, -0.1) is 0 Å². The first kappa shape index (κ1) is 41.6. The third kappa shape index (κ3) is 6.68. The first-order chi connectivity index (χ1) is 27.9. The van der Waals surface area contributed by atoms with Gasteiger partial charge in [0.05, 0.1) is 29.6 Å². The van der Waals surface area contributed by atoms with Crippen molar-refractivity contribution in [2.45, 2.75) is 95.2 Å². The predicted octanol–water partition coefficient (Wildman–Crippen LogP) is 4.56. The SMILES string of the molecule is CC(=O)OC12COC1C[C@@H](O)C1(C)C(=O)C(O)C3=C(C)C(OC(O)=C(O)C(NC(=O)c4ccccc4)c4ccccc4)CC(O)(C(OC(=O)c4ccccc4)C21)C3(C)C. The highest BCUT2D eigenvalue weighted by molar-refractivity contribution is 5.95. The van der Waals surface area contributed by atoms with Crippen molar-refractivity contribution in [3.63, 3.8) is 0 Å². The van der Waals surface area contributed by atoms with Crippen molar-refractivity contribution in [2.75, 3.05) is 6.61 Å². The minimum absolute atomic E-state index is 0.0355. The van der Waals surface area contributed by atoms with Crippen LogP contribution in [-0.4, -0.2) is 97.5 Å². The van der Waals surface area contributed by atoms with Crippen LogP contribution in [0, 0.1) is 16.7 Å². The number of rotatable bonds is 9. The van der Waals surface area contributed by atoms with E-state index in [1.54, 1.807) is 92.7 Å². The van der Waals surface area contributed by atoms with E-state index in [-0.39, 0.29) is 35.3 Å². The lowest BCUT2D eigenvalue weighted by atomic mass is 9.44. The number of benzene rings is 3. The summed E-state index contributed by atoms with van der Waals surface area (Å²) in [7, 11) is 0. The lowest BCUT2D eigenvalue weighted by molar-refractivity contribution is -0.346. The summed E-state index contributed by atoms with van der Waals surface area (Å²) in [5.74, 6) is -6.49. The van der Waals surface area contributed by atoms with Crippen LogP contribution in [0.5, 0.6) is 0 Å². The average Bonchev–Trinajstić information content (AvgIpc) is 3.21. The average molecular weight is 812 g/mol. The minimum Gasteiger partial charge on any atom is -0.504 e. The van der Waals surface area contributed by atoms with E-state index in [2.05, 4.69) is 5.32 Å². The van der Waals surface area contributed by atoms with Gasteiger partial charge in [-0.1, -0.05) is 80.6 Å². The fraction of sp³-hybridized carbons (Fsp3) is 0.422. The molecule has 1 heterocycles. The van der Waals surface area contributed by atoms with Crippen molar-refractivity contribution in [2.24, 2.45) is 16.7 Å². The van der Waals surface area contributed by atoms with Gasteiger partial charge in [-0.05, 0) is 54.8 Å². The van der Waals surface area contributed by atoms with Crippen LogP contribution >= 0.6 is 0 Å². The van der Waals surface area contributed by atoms with Crippen molar-refractivity contribution >= 4 is 23.6 Å². The van der Waals surface area contributed by atoms with Gasteiger partial charge in [0.25, 0.3) is 5.91 Å². The number of nitrogens with one attached hydrogen (secondary N) is 1. The molecule has 4 aliphatic rings. The summed E-state index contributed by atoms with van der Waals surface area (Å²) in [6, 6.07) is 23.1. The number of ketones is 1. The van der Waals surface area contributed by atoms with Gasteiger partial charge in [-0.2, -0.15) is 0 Å². The Morgan fingerprint density at radius 3 is 2.00 bits per heavy atom. The van der Waals surface area contributed by atoms with Crippen LogP contribution in [0.25, 0.3) is 0 Å². The number of ether oxygens (including phenoxy) is 4. The third-order valence-electron chi connectivity index (χ3n) is 13.1. The Balaban J connectivity index is 1.38. The third-order valence-corrected chi connectivity index (χ3v) is 13.1. The van der Waals surface area contributed by atoms with Crippen molar-refractivity contribution in [3.8, 4) is 0 Å². The molecular weight excluding hydrogens is 762 g/mol. The number of carbonyl (C=O) groups is 4. The van der Waals surface area contributed by atoms with Crippen LogP contribution in [-0.2, 0) is 28.5 Å². The zero-order valence-corrected chi connectivity index (χ0v) is 33.3. The number of hydrogen-bond donors (Lipinski definition) is 6. The molecule has 2 saturated carbocycles. The lowest BCUT2D eigenvalue weighted by Crippen LogP contribution is -2.81. The van der Waals surface area contributed by atoms with E-state index < -0.39 is 106 Å². The van der Waals surface area contributed by atoms with Crippen LogP contribution in [0.1, 0.15) is 79.8 Å². The molecular formula is C45H49NO13. The van der Waals surface area contributed by atoms with Crippen LogP contribution in [0.4, 0.5) is 0 Å². The minimum atomic E-state index is -2.33. The maximum absolute atomic E-state index is 15.0. The maximum atomic E-state index is 15.0. The number of esters is 2. The molecule has 6 N–H and O–H groups in total. The number of fused-ring (bicyclic) bond motifs is 5. The van der Waals surface area contributed by atoms with Gasteiger partial charge in [0.2, 0.25) is 5.76 Å². The lowest BCUT2D eigenvalue weighted by Gasteiger charge is -2.67. The molecule has 1 amide bonds. The Hall–Kier alpha value is -5.54. The van der Waals surface area contributed by atoms with Gasteiger partial charge < -0.3 is 49.8 Å². The zero-order valence-electron chi connectivity index (χ0n) is 33.3. The van der Waals surface area contributed by atoms with Gasteiger partial charge in [0, 0.05) is 30.7 Å². The Kier molecular flexibility index (Phi) is 10.8. The largest absolute Gasteiger partial charge is 0.504 e. The highest BCUT2D eigenvalue weighted by Crippen LogP contribution is 2.64. The molecule has 14 nitrogen and oxygen atoms in total. The summed E-state index contributed by atoms with van der Waals surface area (Å²) in [6.45, 7) is 6.95. The zero-order chi connectivity index (χ0) is 42.7. The standard InChI is InChI=1S/C45H49NO13/c1-24-29(57-41(54)35(50)33(26-15-9-6-10-16-26)46-39(52)27-17-11-7-12-18-27)22-45(55)38(58-40(53)28-19-13-8-14-20-28)36-43(5,37(51)34(49)32(24)42(45,3)4)30(48)21-31-44(36,23-56-31)59-25(2)47/h6-20,29-31,33-34,36,38,48-50,54-55H,21-23H2,1-5H3,(H,46,52)/t29?,30-,31?,33?,34?,36?,38?,43?,44?,45?/m1/s1. The van der Waals surface area contributed by atoms with E-state index in [4.69, 9.17) is 18.9 Å². The number of hydrogen-bond acceptors (Lipinski definition) is 13. The topological polar surface area (TPSA) is 218 Å². The Labute approximate surface area is 341 Å². The molecule has 312 valence electrons. The molecule has 10 atom stereocenters. The van der Waals surface area contributed by atoms with Gasteiger partial charge in [-0.3, -0.25) is 14.4 Å². The smallest absolute Gasteiger partial charge is 0.338 e. The maximum Gasteiger partial charge on any atom is 0.338 e. The summed E-state index contributed by atoms with van der Waals surface area (Å²) in [5, 5.41) is 63.5. The number of aliphatic hydroxyl groups excluding tert-OH is 4. The second-order valence-electron chi connectivity index (χ2n) is 16.6. The van der Waals surface area contributed by atoms with Crippen molar-refractivity contribution < 1.29 is 63.7 Å². The van der Waals surface area contributed by atoms with Crippen molar-refractivity contribution in [1.29, 1.82) is 0 Å². The normalized spacial score (nSPS) is 33.0. The van der Waals surface area contributed by atoms with E-state index in [0.29, 0.717) is 5.56 Å². The van der Waals surface area contributed by atoms with Gasteiger partial charge >= 0.3 is 17.9 Å². The van der Waals surface area contributed by atoms with E-state index in [1.807, 2.05) is 0 Å². The molecule has 0 spiro atoms. The van der Waals surface area contributed by atoms with Crippen molar-refractivity contribution in [3.05, 3.63) is 131 Å². The molecule has 14 heteroatoms. The van der Waals surface area contributed by atoms with Gasteiger partial charge in [0.1, 0.15) is 36.1 Å². The van der Waals surface area contributed by atoms with Crippen LogP contribution in [0.2, 0.25) is 0 Å². The summed E-state index contributed by atoms with van der Waals surface area (Å²) in [4.78, 5) is 55.3. The first-order valence-electron chi connectivity index (χ1n) is 19.5. The van der Waals surface area contributed by atoms with E-state index >= 15 is 0 Å². The molecule has 59 heavy (non-hydrogen) atoms. The Morgan fingerprint density at radius 1 is 0.864 bits per heavy atom. The predicted molar refractivity (Wildman–Crippen MR) is 209 cm³/mol. The Bertz CT molecular complexity index is 2190. The summed E-state index contributed by atoms with van der Waals surface area (Å²) < 4.78 is 24.3. The molecule has 3 aromatic carbocycles. The molecule has 1 aliphatic heterocycles. The van der Waals surface area contributed by atoms with E-state index in [1.165, 1.54) is 26.0 Å². The fourth-order valence-corrected chi connectivity index (χ4v) is 9.85. The first-order valence-corrected chi connectivity index (χ1v) is 19.5. The molecule has 7 rings (SSSR count). The van der Waals surface area contributed by atoms with Crippen molar-refractivity contribution in [1.82, 2.24) is 5.32 Å². The monoisotopic (exact) mass is 811 g/mol. The highest BCUT2D eigenvalue weighted by atomic mass is 16.6. The van der Waals surface area contributed by atoms with Gasteiger partial charge in [-0.25, -0.2) is 4.79 Å². The number of Topliss-reactive ketones (excluding diaryl/α,β-unsaturated/α-hetero) is 1. The molecule has 0 aromatic heterocycles. The summed E-state index contributed by atoms with van der Waals surface area (Å²) in [5.41, 5.74) is -6.75. The number of aliphatic hydroxyl groups is 5. The van der Waals surface area contributed by atoms with E-state index in [0.717, 1.165) is 6.92 Å². The second-order valence-corrected chi connectivity index (χ2v) is 16.6. The molecule has 3 fully saturated rings. The molecule has 3 aromatic rings. The fourth-order valence-electron chi connectivity index (χ4n) is 9.85. The van der Waals surface area contributed by atoms with Crippen LogP contribution in [0.15, 0.2) is 114 Å². The van der Waals surface area contributed by atoms with E-state index in [9.17, 15) is 44.7 Å². The molecule has 3 aliphatic carbocycles. The highest BCUT2D eigenvalue weighted by Gasteiger charge is 2.78.